The summed E-state index contributed by atoms with van der Waals surface area (Å²) in [5, 5.41) is 13.2. The van der Waals surface area contributed by atoms with Gasteiger partial charge in [0.1, 0.15) is 9.48 Å². The Kier molecular flexibility index (Phi) is 3.75. The number of nitrogens with zero attached hydrogens (tertiary/aromatic N) is 5. The van der Waals surface area contributed by atoms with Gasteiger partial charge in [-0.2, -0.15) is 9.61 Å². The minimum absolute atomic E-state index is 0.194. The number of rotatable bonds is 3. The first-order chi connectivity index (χ1) is 9.54. The molecular formula is C9H7BrN6OS3. The van der Waals surface area contributed by atoms with Crippen LogP contribution in [0.5, 0.6) is 0 Å². The summed E-state index contributed by atoms with van der Waals surface area (Å²) < 4.78 is 2.53. The number of aromatic nitrogens is 5. The number of nitrogen functional groups attached to an aromatic ring is 1. The van der Waals surface area contributed by atoms with Crippen LogP contribution in [0.3, 0.4) is 0 Å². The van der Waals surface area contributed by atoms with E-state index in [4.69, 9.17) is 5.73 Å². The molecule has 0 aliphatic rings. The molecule has 7 nitrogen and oxygen atoms in total. The Morgan fingerprint density at radius 1 is 1.40 bits per heavy atom. The monoisotopic (exact) mass is 390 g/mol. The smallest absolute Gasteiger partial charge is 0.289 e. The lowest BCUT2D eigenvalue weighted by Gasteiger charge is -1.95. The van der Waals surface area contributed by atoms with Crippen LogP contribution in [0.25, 0.3) is 4.96 Å². The highest BCUT2D eigenvalue weighted by molar-refractivity contribution is 9.10. The number of nitrogens with two attached hydrogens (primary N) is 1. The van der Waals surface area contributed by atoms with E-state index in [1.165, 1.54) is 39.0 Å². The van der Waals surface area contributed by atoms with Crippen LogP contribution in [-0.2, 0) is 5.75 Å². The van der Waals surface area contributed by atoms with Crippen LogP contribution in [0.2, 0.25) is 0 Å². The van der Waals surface area contributed by atoms with Gasteiger partial charge >= 0.3 is 0 Å². The molecule has 0 unspecified atom stereocenters. The van der Waals surface area contributed by atoms with Crippen molar-refractivity contribution in [3.63, 3.8) is 0 Å². The Morgan fingerprint density at radius 3 is 2.90 bits per heavy atom. The van der Waals surface area contributed by atoms with Crippen molar-refractivity contribution < 1.29 is 0 Å². The van der Waals surface area contributed by atoms with E-state index in [0.29, 0.717) is 26.0 Å². The van der Waals surface area contributed by atoms with E-state index >= 15 is 0 Å². The van der Waals surface area contributed by atoms with Crippen molar-refractivity contribution in [1.29, 1.82) is 0 Å². The van der Waals surface area contributed by atoms with Crippen LogP contribution in [0.1, 0.15) is 10.7 Å². The lowest BCUT2D eigenvalue weighted by atomic mass is 10.5. The van der Waals surface area contributed by atoms with E-state index in [1.54, 1.807) is 6.92 Å². The molecule has 0 radical (unpaired) electrons. The molecule has 11 heteroatoms. The molecule has 3 aromatic heterocycles. The number of anilines is 1. The Bertz CT molecular complexity index is 840. The zero-order valence-corrected chi connectivity index (χ0v) is 14.1. The minimum atomic E-state index is -0.194. The van der Waals surface area contributed by atoms with E-state index in [9.17, 15) is 4.79 Å². The van der Waals surface area contributed by atoms with Gasteiger partial charge < -0.3 is 5.73 Å². The normalized spacial score (nSPS) is 11.3. The number of thioether (sulfide) groups is 1. The number of hydrogen-bond donors (Lipinski definition) is 1. The molecule has 3 heterocycles. The second-order valence-corrected chi connectivity index (χ2v) is 7.77. The molecule has 104 valence electrons. The average molecular weight is 391 g/mol. The molecule has 20 heavy (non-hydrogen) atoms. The third-order valence-electron chi connectivity index (χ3n) is 2.30. The fourth-order valence-corrected chi connectivity index (χ4v) is 4.24. The summed E-state index contributed by atoms with van der Waals surface area (Å²) in [6, 6.07) is 0. The molecule has 3 aromatic rings. The fourth-order valence-electron chi connectivity index (χ4n) is 1.43. The maximum atomic E-state index is 12.0. The van der Waals surface area contributed by atoms with Gasteiger partial charge in [0.15, 0.2) is 4.34 Å². The zero-order chi connectivity index (χ0) is 14.3. The van der Waals surface area contributed by atoms with Gasteiger partial charge in [-0.1, -0.05) is 34.4 Å². The lowest BCUT2D eigenvalue weighted by Crippen LogP contribution is -2.17. The lowest BCUT2D eigenvalue weighted by molar-refractivity contribution is 0.862. The molecule has 0 aromatic carbocycles. The van der Waals surface area contributed by atoms with Crippen LogP contribution >= 0.6 is 50.4 Å². The van der Waals surface area contributed by atoms with E-state index < -0.39 is 0 Å². The van der Waals surface area contributed by atoms with Crippen LogP contribution in [0.4, 0.5) is 5.13 Å². The molecule has 0 spiro atoms. The quantitative estimate of drug-likeness (QED) is 0.682. The zero-order valence-electron chi connectivity index (χ0n) is 10.0. The summed E-state index contributed by atoms with van der Waals surface area (Å²) in [6.07, 6.45) is 0. The largest absolute Gasteiger partial charge is 0.374 e. The predicted molar refractivity (Wildman–Crippen MR) is 83.5 cm³/mol. The van der Waals surface area contributed by atoms with Gasteiger partial charge in [-0.05, 0) is 22.9 Å². The van der Waals surface area contributed by atoms with Crippen molar-refractivity contribution >= 4 is 60.5 Å². The third-order valence-corrected chi connectivity index (χ3v) is 6.21. The van der Waals surface area contributed by atoms with Gasteiger partial charge in [0.2, 0.25) is 10.1 Å². The molecular weight excluding hydrogens is 384 g/mol. The minimum Gasteiger partial charge on any atom is -0.374 e. The van der Waals surface area contributed by atoms with Crippen molar-refractivity contribution in [2.24, 2.45) is 0 Å². The molecule has 0 aliphatic heterocycles. The molecule has 3 rings (SSSR count). The van der Waals surface area contributed by atoms with Crippen LogP contribution < -0.4 is 11.3 Å². The molecule has 0 atom stereocenters. The number of halogens is 1. The van der Waals surface area contributed by atoms with Gasteiger partial charge in [-0.3, -0.25) is 4.79 Å². The first-order valence-corrected chi connectivity index (χ1v) is 8.72. The van der Waals surface area contributed by atoms with E-state index in [2.05, 4.69) is 36.2 Å². The maximum absolute atomic E-state index is 12.0. The molecule has 0 saturated carbocycles. The predicted octanol–water partition coefficient (Wildman–Crippen LogP) is 1.95. The van der Waals surface area contributed by atoms with E-state index in [0.717, 1.165) is 9.35 Å². The molecule has 0 aliphatic carbocycles. The molecule has 0 saturated heterocycles. The highest BCUT2D eigenvalue weighted by Gasteiger charge is 2.12. The van der Waals surface area contributed by atoms with Gasteiger partial charge in [-0.25, -0.2) is 4.98 Å². The second-order valence-electron chi connectivity index (χ2n) is 3.70. The third kappa shape index (κ3) is 2.57. The molecule has 2 N–H and O–H groups in total. The number of hydrogen-bond acceptors (Lipinski definition) is 9. The highest BCUT2D eigenvalue weighted by atomic mass is 79.9. The molecule has 0 bridgehead atoms. The van der Waals surface area contributed by atoms with Crippen molar-refractivity contribution in [3.05, 3.63) is 25.5 Å². The standard InChI is InChI=1S/C9H7BrN6OS3/c1-3-5(10)6(17)16-8(12-3)19-4(15-16)2-18-9-14-13-7(11)20-9/h2H2,1H3,(H2,11,13). The topological polar surface area (TPSA) is 99.1 Å². The summed E-state index contributed by atoms with van der Waals surface area (Å²) >= 11 is 7.41. The molecule has 0 fully saturated rings. The Labute approximate surface area is 133 Å². The van der Waals surface area contributed by atoms with E-state index in [-0.39, 0.29) is 5.56 Å². The van der Waals surface area contributed by atoms with Crippen molar-refractivity contribution in [3.8, 4) is 0 Å². The summed E-state index contributed by atoms with van der Waals surface area (Å²) in [6.45, 7) is 1.78. The summed E-state index contributed by atoms with van der Waals surface area (Å²) in [7, 11) is 0. The maximum Gasteiger partial charge on any atom is 0.289 e. The van der Waals surface area contributed by atoms with Crippen LogP contribution in [0, 0.1) is 6.92 Å². The highest BCUT2D eigenvalue weighted by Crippen LogP contribution is 2.28. The van der Waals surface area contributed by atoms with Gasteiger partial charge in [0, 0.05) is 0 Å². The van der Waals surface area contributed by atoms with Crippen molar-refractivity contribution in [1.82, 2.24) is 24.8 Å². The van der Waals surface area contributed by atoms with Crippen molar-refractivity contribution in [2.45, 2.75) is 17.0 Å². The SMILES string of the molecule is Cc1nc2sc(CSc3nnc(N)s3)nn2c(=O)c1Br. The van der Waals surface area contributed by atoms with Gasteiger partial charge in [0.25, 0.3) is 5.56 Å². The second kappa shape index (κ2) is 5.39. The summed E-state index contributed by atoms with van der Waals surface area (Å²) in [4.78, 5) is 16.9. The molecule has 0 amide bonds. The van der Waals surface area contributed by atoms with Crippen molar-refractivity contribution in [2.75, 3.05) is 5.73 Å². The Balaban J connectivity index is 1.90. The Hall–Kier alpha value is -1.04. The van der Waals surface area contributed by atoms with Gasteiger partial charge in [-0.15, -0.1) is 10.2 Å². The van der Waals surface area contributed by atoms with Crippen LogP contribution in [-0.4, -0.2) is 24.8 Å². The first kappa shape index (κ1) is 13.9. The van der Waals surface area contributed by atoms with E-state index in [1.807, 2.05) is 0 Å². The summed E-state index contributed by atoms with van der Waals surface area (Å²) in [5.41, 5.74) is 5.99. The summed E-state index contributed by atoms with van der Waals surface area (Å²) in [5.74, 6) is 0.596. The fraction of sp³-hybridized carbons (Fsp3) is 0.222. The Morgan fingerprint density at radius 2 is 2.20 bits per heavy atom. The average Bonchev–Trinajstić information content (AvgIpc) is 3.00. The first-order valence-electron chi connectivity index (χ1n) is 5.31. The van der Waals surface area contributed by atoms with Crippen LogP contribution in [0.15, 0.2) is 13.6 Å². The number of fused-ring (bicyclic) bond motifs is 1. The van der Waals surface area contributed by atoms with Gasteiger partial charge in [0.05, 0.1) is 11.4 Å². The number of aryl methyl sites for hydroxylation is 1.